The van der Waals surface area contributed by atoms with E-state index in [-0.39, 0.29) is 0 Å². The molecule has 0 unspecified atom stereocenters. The Labute approximate surface area is 305 Å². The fourth-order valence-corrected chi connectivity index (χ4v) is 10.8. The molecule has 0 bridgehead atoms. The number of nitrogens with zero attached hydrogens (tertiary/aromatic N) is 4. The van der Waals surface area contributed by atoms with Gasteiger partial charge in [-0.3, -0.25) is 9.55 Å². The number of hydrogen-bond acceptors (Lipinski definition) is 4. The molecule has 0 radical (unpaired) electrons. The van der Waals surface area contributed by atoms with Crippen molar-refractivity contribution < 1.29 is 0 Å². The summed E-state index contributed by atoms with van der Waals surface area (Å²) in [5.74, 6) is 0.883. The van der Waals surface area contributed by atoms with Crippen molar-refractivity contribution in [2.45, 2.75) is 0 Å². The van der Waals surface area contributed by atoms with Crippen LogP contribution in [-0.4, -0.2) is 19.1 Å². The van der Waals surface area contributed by atoms with E-state index in [1.54, 1.807) is 0 Å². The van der Waals surface area contributed by atoms with Gasteiger partial charge in [0, 0.05) is 64.2 Å². The van der Waals surface area contributed by atoms with Gasteiger partial charge in [0.1, 0.15) is 5.82 Å². The molecule has 52 heavy (non-hydrogen) atoms. The zero-order chi connectivity index (χ0) is 33.9. The second-order valence-electron chi connectivity index (χ2n) is 13.4. The zero-order valence-electron chi connectivity index (χ0n) is 27.6. The molecule has 0 spiro atoms. The third-order valence-electron chi connectivity index (χ3n) is 10.6. The summed E-state index contributed by atoms with van der Waals surface area (Å²) in [5.41, 5.74) is 7.75. The second-order valence-corrected chi connectivity index (χ2v) is 15.5. The van der Waals surface area contributed by atoms with Gasteiger partial charge >= 0.3 is 0 Å². The van der Waals surface area contributed by atoms with E-state index < -0.39 is 0 Å². The number of aromatic nitrogens is 4. The van der Waals surface area contributed by atoms with Gasteiger partial charge in [-0.2, -0.15) is 0 Å². The topological polar surface area (TPSA) is 35.6 Å². The van der Waals surface area contributed by atoms with E-state index >= 15 is 0 Å². The number of para-hydroxylation sites is 2. The molecular weight excluding hydrogens is 673 g/mol. The molecule has 4 nitrogen and oxygen atoms in total. The van der Waals surface area contributed by atoms with Gasteiger partial charge in [-0.1, -0.05) is 97.1 Å². The van der Waals surface area contributed by atoms with Gasteiger partial charge in [0.2, 0.25) is 0 Å². The number of rotatable bonds is 3. The first-order valence-corrected chi connectivity index (χ1v) is 19.0. The van der Waals surface area contributed by atoms with E-state index in [0.29, 0.717) is 0 Å². The summed E-state index contributed by atoms with van der Waals surface area (Å²) in [4.78, 5) is 10.1. The standard InChI is InChI=1S/C46H26N4S2/c1-5-13-38-29(9-1)33-18-20-35-31-11-3-7-15-40(31)51-45(35)43(33)49(38)28-17-22-37(48-26-28)27-23-24-47-42(25-27)50-39-14-6-2-10-30(39)34-19-21-36-32-12-4-8-16-41(32)52-46(36)44(34)50/h1-26H. The molecule has 0 aliphatic carbocycles. The lowest BCUT2D eigenvalue weighted by atomic mass is 10.1. The van der Waals surface area contributed by atoms with Gasteiger partial charge in [-0.15, -0.1) is 22.7 Å². The van der Waals surface area contributed by atoms with E-state index in [1.807, 2.05) is 35.1 Å². The molecule has 6 heteroatoms. The van der Waals surface area contributed by atoms with Crippen molar-refractivity contribution in [1.82, 2.24) is 19.1 Å². The van der Waals surface area contributed by atoms with Crippen LogP contribution in [0.2, 0.25) is 0 Å². The third kappa shape index (κ3) is 3.85. The molecule has 0 N–H and O–H groups in total. The largest absolute Gasteiger partial charge is 0.306 e. The molecule has 12 rings (SSSR count). The van der Waals surface area contributed by atoms with Crippen LogP contribution in [-0.2, 0) is 0 Å². The van der Waals surface area contributed by atoms with Gasteiger partial charge in [-0.25, -0.2) is 4.98 Å². The van der Waals surface area contributed by atoms with Crippen LogP contribution >= 0.6 is 22.7 Å². The van der Waals surface area contributed by atoms with Crippen molar-refractivity contribution in [3.63, 3.8) is 0 Å². The normalized spacial score (nSPS) is 12.2. The van der Waals surface area contributed by atoms with E-state index in [1.165, 1.54) is 78.4 Å². The Morgan fingerprint density at radius 1 is 0.423 bits per heavy atom. The number of fused-ring (bicyclic) bond motifs is 14. The van der Waals surface area contributed by atoms with Crippen LogP contribution in [0.4, 0.5) is 0 Å². The number of hydrogen-bond donors (Lipinski definition) is 0. The highest BCUT2D eigenvalue weighted by Gasteiger charge is 2.20. The van der Waals surface area contributed by atoms with E-state index in [0.717, 1.165) is 28.3 Å². The van der Waals surface area contributed by atoms with Crippen LogP contribution in [0, 0.1) is 0 Å². The molecule has 0 amide bonds. The third-order valence-corrected chi connectivity index (χ3v) is 13.0. The molecule has 0 atom stereocenters. The summed E-state index contributed by atoms with van der Waals surface area (Å²) in [6.07, 6.45) is 3.94. The average molecular weight is 699 g/mol. The first-order chi connectivity index (χ1) is 25.8. The Morgan fingerprint density at radius 2 is 0.962 bits per heavy atom. The maximum Gasteiger partial charge on any atom is 0.138 e. The molecule has 0 saturated heterocycles. The lowest BCUT2D eigenvalue weighted by molar-refractivity contribution is 1.08. The van der Waals surface area contributed by atoms with Crippen molar-refractivity contribution in [3.8, 4) is 22.8 Å². The molecule has 6 aromatic carbocycles. The number of benzene rings is 6. The van der Waals surface area contributed by atoms with Crippen molar-refractivity contribution in [3.05, 3.63) is 158 Å². The van der Waals surface area contributed by atoms with E-state index in [2.05, 4.69) is 155 Å². The average Bonchev–Trinajstić information content (AvgIpc) is 3.96. The van der Waals surface area contributed by atoms with Gasteiger partial charge in [0.05, 0.1) is 49.0 Å². The molecule has 6 aromatic heterocycles. The van der Waals surface area contributed by atoms with Gasteiger partial charge in [-0.05, 0) is 48.5 Å². The van der Waals surface area contributed by atoms with Gasteiger partial charge < -0.3 is 4.57 Å². The summed E-state index contributed by atoms with van der Waals surface area (Å²) < 4.78 is 9.92. The number of pyridine rings is 2. The molecule has 12 aromatic rings. The predicted octanol–water partition coefficient (Wildman–Crippen LogP) is 13.1. The molecule has 0 fully saturated rings. The lowest BCUT2D eigenvalue weighted by Gasteiger charge is -2.11. The van der Waals surface area contributed by atoms with Crippen LogP contribution in [0.1, 0.15) is 0 Å². The summed E-state index contributed by atoms with van der Waals surface area (Å²) >= 11 is 3.73. The smallest absolute Gasteiger partial charge is 0.138 e. The van der Waals surface area contributed by atoms with Crippen LogP contribution in [0.5, 0.6) is 0 Å². The Bertz CT molecular complexity index is 3410. The van der Waals surface area contributed by atoms with Crippen LogP contribution < -0.4 is 0 Å². The summed E-state index contributed by atoms with van der Waals surface area (Å²) in [5, 5.41) is 10.2. The minimum absolute atomic E-state index is 0.883. The highest BCUT2D eigenvalue weighted by molar-refractivity contribution is 7.27. The Balaban J connectivity index is 1.04. The summed E-state index contributed by atoms with van der Waals surface area (Å²) in [6, 6.07) is 52.5. The van der Waals surface area contributed by atoms with Gasteiger partial charge in [0.25, 0.3) is 0 Å². The van der Waals surface area contributed by atoms with Gasteiger partial charge in [0.15, 0.2) is 0 Å². The summed E-state index contributed by atoms with van der Waals surface area (Å²) in [7, 11) is 0. The monoisotopic (exact) mass is 698 g/mol. The highest BCUT2D eigenvalue weighted by Crippen LogP contribution is 2.44. The predicted molar refractivity (Wildman–Crippen MR) is 222 cm³/mol. The van der Waals surface area contributed by atoms with Crippen LogP contribution in [0.25, 0.3) is 107 Å². The van der Waals surface area contributed by atoms with Crippen LogP contribution in [0.3, 0.4) is 0 Å². The van der Waals surface area contributed by atoms with Crippen molar-refractivity contribution >= 4 is 107 Å². The maximum absolute atomic E-state index is 5.11. The van der Waals surface area contributed by atoms with Crippen molar-refractivity contribution in [2.24, 2.45) is 0 Å². The fraction of sp³-hybridized carbons (Fsp3) is 0. The molecule has 6 heterocycles. The van der Waals surface area contributed by atoms with Crippen molar-refractivity contribution in [2.75, 3.05) is 0 Å². The van der Waals surface area contributed by atoms with E-state index in [4.69, 9.17) is 9.97 Å². The molecule has 0 saturated carbocycles. The molecule has 0 aliphatic rings. The minimum atomic E-state index is 0.883. The maximum atomic E-state index is 5.11. The van der Waals surface area contributed by atoms with Crippen LogP contribution in [0.15, 0.2) is 158 Å². The second kappa shape index (κ2) is 10.6. The number of thiophene rings is 2. The summed E-state index contributed by atoms with van der Waals surface area (Å²) in [6.45, 7) is 0. The van der Waals surface area contributed by atoms with E-state index in [9.17, 15) is 0 Å². The Hall–Kier alpha value is -6.34. The minimum Gasteiger partial charge on any atom is -0.306 e. The van der Waals surface area contributed by atoms with Crippen molar-refractivity contribution in [1.29, 1.82) is 0 Å². The molecule has 0 aliphatic heterocycles. The lowest BCUT2D eigenvalue weighted by Crippen LogP contribution is -1.99. The SMILES string of the molecule is c1ccc2c(c1)sc1c2ccc2c3ccccc3n(-c3ccc(-c4ccnc(-n5c6ccccc6c6ccc7c8ccccc8sc7c65)c4)nc3)c21. The zero-order valence-corrected chi connectivity index (χ0v) is 29.2. The molecular formula is C46H26N4S2. The Morgan fingerprint density at radius 3 is 1.58 bits per heavy atom. The highest BCUT2D eigenvalue weighted by atomic mass is 32.1. The Kier molecular flexibility index (Phi) is 5.78. The first-order valence-electron chi connectivity index (χ1n) is 17.4. The fourth-order valence-electron chi connectivity index (χ4n) is 8.36. The quantitative estimate of drug-likeness (QED) is 0.184. The first kappa shape index (κ1) is 28.4. The molecule has 242 valence electrons.